The van der Waals surface area contributed by atoms with Gasteiger partial charge in [0.1, 0.15) is 5.75 Å². The molecule has 1 atom stereocenters. The van der Waals surface area contributed by atoms with Crippen molar-refractivity contribution in [3.05, 3.63) is 69.8 Å². The zero-order chi connectivity index (χ0) is 18.9. The molecular weight excluding hydrogens is 334 g/mol. The molecule has 7 nitrogen and oxygen atoms in total. The number of nitro groups is 1. The van der Waals surface area contributed by atoms with Gasteiger partial charge in [-0.3, -0.25) is 14.9 Å². The summed E-state index contributed by atoms with van der Waals surface area (Å²) in [4.78, 5) is 22.4. The van der Waals surface area contributed by atoms with Crippen LogP contribution in [0.3, 0.4) is 0 Å². The Kier molecular flexibility index (Phi) is 6.84. The number of carbonyl (C=O) groups is 1. The number of carbonyl (C=O) groups excluding carboxylic acids is 1. The molecule has 2 aromatic rings. The summed E-state index contributed by atoms with van der Waals surface area (Å²) in [7, 11) is 0. The number of nitro benzene ring substituents is 1. The van der Waals surface area contributed by atoms with E-state index in [4.69, 9.17) is 4.74 Å². The Morgan fingerprint density at radius 2 is 1.96 bits per heavy atom. The van der Waals surface area contributed by atoms with Crippen LogP contribution in [0.15, 0.2) is 53.6 Å². The molecule has 0 aliphatic rings. The van der Waals surface area contributed by atoms with Crippen LogP contribution in [0, 0.1) is 10.1 Å². The van der Waals surface area contributed by atoms with Gasteiger partial charge in [-0.25, -0.2) is 5.43 Å². The molecule has 0 aromatic heterocycles. The number of nitrogens with zero attached hydrogens (tertiary/aromatic N) is 2. The van der Waals surface area contributed by atoms with Crippen molar-refractivity contribution in [2.45, 2.75) is 32.8 Å². The average molecular weight is 355 g/mol. The molecule has 0 aliphatic carbocycles. The van der Waals surface area contributed by atoms with Gasteiger partial charge in [0.05, 0.1) is 23.7 Å². The molecule has 7 heteroatoms. The van der Waals surface area contributed by atoms with Gasteiger partial charge in [-0.05, 0) is 43.2 Å². The molecule has 0 aliphatic heterocycles. The fraction of sp³-hybridized carbons (Fsp3) is 0.263. The lowest BCUT2D eigenvalue weighted by Crippen LogP contribution is -2.20. The number of para-hydroxylation sites is 1. The number of ether oxygens (including phenoxy) is 1. The van der Waals surface area contributed by atoms with Gasteiger partial charge in [-0.2, -0.15) is 5.10 Å². The van der Waals surface area contributed by atoms with E-state index in [0.717, 1.165) is 17.7 Å². The third-order valence-electron chi connectivity index (χ3n) is 3.73. The van der Waals surface area contributed by atoms with Gasteiger partial charge in [0.25, 0.3) is 5.69 Å². The van der Waals surface area contributed by atoms with E-state index < -0.39 is 10.8 Å². The summed E-state index contributed by atoms with van der Waals surface area (Å²) in [5.74, 6) is 0.351. The smallest absolute Gasteiger partial charge is 0.273 e. The number of hydrogen-bond donors (Lipinski definition) is 1. The Morgan fingerprint density at radius 1 is 1.27 bits per heavy atom. The SMILES string of the molecule is CCC(C)Oc1ccc(C=NNC(=O)Cc2ccccc2[N+](=O)[O-])cc1. The molecule has 0 spiro atoms. The molecule has 1 N–H and O–H groups in total. The van der Waals surface area contributed by atoms with Crippen LogP contribution >= 0.6 is 0 Å². The lowest BCUT2D eigenvalue weighted by molar-refractivity contribution is -0.385. The Morgan fingerprint density at radius 3 is 2.62 bits per heavy atom. The minimum Gasteiger partial charge on any atom is -0.491 e. The number of hydrazone groups is 1. The average Bonchev–Trinajstić information content (AvgIpc) is 2.63. The predicted molar refractivity (Wildman–Crippen MR) is 99.4 cm³/mol. The first kappa shape index (κ1) is 19.1. The van der Waals surface area contributed by atoms with E-state index in [-0.39, 0.29) is 18.2 Å². The van der Waals surface area contributed by atoms with Crippen molar-refractivity contribution in [1.82, 2.24) is 5.43 Å². The maximum Gasteiger partial charge on any atom is 0.273 e. The van der Waals surface area contributed by atoms with Crippen LogP contribution in [0.25, 0.3) is 0 Å². The van der Waals surface area contributed by atoms with Crippen molar-refractivity contribution in [2.24, 2.45) is 5.10 Å². The van der Waals surface area contributed by atoms with Crippen molar-refractivity contribution in [3.63, 3.8) is 0 Å². The maximum absolute atomic E-state index is 11.9. The monoisotopic (exact) mass is 355 g/mol. The first-order valence-electron chi connectivity index (χ1n) is 8.30. The number of hydrogen-bond acceptors (Lipinski definition) is 5. The van der Waals surface area contributed by atoms with E-state index >= 15 is 0 Å². The summed E-state index contributed by atoms with van der Waals surface area (Å²) in [6, 6.07) is 13.5. The van der Waals surface area contributed by atoms with E-state index in [2.05, 4.69) is 17.5 Å². The highest BCUT2D eigenvalue weighted by molar-refractivity contribution is 5.83. The normalized spacial score (nSPS) is 11.9. The Bertz CT molecular complexity index is 788. The largest absolute Gasteiger partial charge is 0.491 e. The van der Waals surface area contributed by atoms with Crippen LogP contribution in [0.5, 0.6) is 5.75 Å². The molecule has 0 fully saturated rings. The van der Waals surface area contributed by atoms with Crippen LogP contribution in [-0.4, -0.2) is 23.1 Å². The van der Waals surface area contributed by atoms with Crippen molar-refractivity contribution in [3.8, 4) is 5.75 Å². The number of rotatable bonds is 8. The lowest BCUT2D eigenvalue weighted by atomic mass is 10.1. The highest BCUT2D eigenvalue weighted by Crippen LogP contribution is 2.18. The van der Waals surface area contributed by atoms with Gasteiger partial charge >= 0.3 is 0 Å². The molecule has 26 heavy (non-hydrogen) atoms. The zero-order valence-electron chi connectivity index (χ0n) is 14.7. The second-order valence-corrected chi connectivity index (χ2v) is 5.76. The van der Waals surface area contributed by atoms with E-state index in [9.17, 15) is 14.9 Å². The van der Waals surface area contributed by atoms with Crippen molar-refractivity contribution in [2.75, 3.05) is 0 Å². The van der Waals surface area contributed by atoms with Crippen molar-refractivity contribution >= 4 is 17.8 Å². The van der Waals surface area contributed by atoms with Crippen molar-refractivity contribution in [1.29, 1.82) is 0 Å². The van der Waals surface area contributed by atoms with Gasteiger partial charge in [0, 0.05) is 11.6 Å². The highest BCUT2D eigenvalue weighted by atomic mass is 16.6. The molecule has 1 amide bonds. The minimum atomic E-state index is -0.505. The van der Waals surface area contributed by atoms with Gasteiger partial charge in [-0.15, -0.1) is 0 Å². The molecular formula is C19H21N3O4. The minimum absolute atomic E-state index is 0.0801. The molecule has 2 rings (SSSR count). The number of amides is 1. The van der Waals surface area contributed by atoms with Crippen LogP contribution < -0.4 is 10.2 Å². The summed E-state index contributed by atoms with van der Waals surface area (Å²) in [5, 5.41) is 14.8. The van der Waals surface area contributed by atoms with Crippen LogP contribution in [0.1, 0.15) is 31.4 Å². The summed E-state index contributed by atoms with van der Waals surface area (Å²) in [6.07, 6.45) is 2.46. The first-order chi connectivity index (χ1) is 12.5. The molecule has 136 valence electrons. The molecule has 1 unspecified atom stereocenters. The highest BCUT2D eigenvalue weighted by Gasteiger charge is 2.14. The zero-order valence-corrected chi connectivity index (χ0v) is 14.7. The van der Waals surface area contributed by atoms with E-state index in [1.54, 1.807) is 18.2 Å². The maximum atomic E-state index is 11.9. The van der Waals surface area contributed by atoms with E-state index in [0.29, 0.717) is 5.56 Å². The molecule has 0 bridgehead atoms. The summed E-state index contributed by atoms with van der Waals surface area (Å²) < 4.78 is 5.69. The molecule has 0 saturated carbocycles. The molecule has 0 saturated heterocycles. The number of benzene rings is 2. The van der Waals surface area contributed by atoms with Gasteiger partial charge in [0.2, 0.25) is 5.91 Å². The number of nitrogens with one attached hydrogen (secondary N) is 1. The molecule has 0 radical (unpaired) electrons. The van der Waals surface area contributed by atoms with Gasteiger partial charge < -0.3 is 4.74 Å². The van der Waals surface area contributed by atoms with Gasteiger partial charge in [0.15, 0.2) is 0 Å². The third kappa shape index (κ3) is 5.70. The fourth-order valence-electron chi connectivity index (χ4n) is 2.18. The predicted octanol–water partition coefficient (Wildman–Crippen LogP) is 3.46. The van der Waals surface area contributed by atoms with Crippen LogP contribution in [0.2, 0.25) is 0 Å². The van der Waals surface area contributed by atoms with E-state index in [1.165, 1.54) is 12.3 Å². The Hall–Kier alpha value is -3.22. The van der Waals surface area contributed by atoms with Gasteiger partial charge in [-0.1, -0.05) is 25.1 Å². The Balaban J connectivity index is 1.90. The van der Waals surface area contributed by atoms with E-state index in [1.807, 2.05) is 31.2 Å². The fourth-order valence-corrected chi connectivity index (χ4v) is 2.18. The summed E-state index contributed by atoms with van der Waals surface area (Å²) in [5.41, 5.74) is 3.44. The molecule has 0 heterocycles. The Labute approximate surface area is 151 Å². The topological polar surface area (TPSA) is 93.8 Å². The standard InChI is InChI=1S/C19H21N3O4/c1-3-14(2)26-17-10-8-15(9-11-17)13-20-21-19(23)12-16-6-4-5-7-18(16)22(24)25/h4-11,13-14H,3,12H2,1-2H3,(H,21,23). The second-order valence-electron chi connectivity index (χ2n) is 5.76. The summed E-state index contributed by atoms with van der Waals surface area (Å²) in [6.45, 7) is 4.06. The molecule has 2 aromatic carbocycles. The third-order valence-corrected chi connectivity index (χ3v) is 3.73. The van der Waals surface area contributed by atoms with Crippen molar-refractivity contribution < 1.29 is 14.5 Å². The quantitative estimate of drug-likeness (QED) is 0.446. The first-order valence-corrected chi connectivity index (χ1v) is 8.30. The van der Waals surface area contributed by atoms with Crippen LogP contribution in [0.4, 0.5) is 5.69 Å². The lowest BCUT2D eigenvalue weighted by Gasteiger charge is -2.12. The second kappa shape index (κ2) is 9.31. The summed E-state index contributed by atoms with van der Waals surface area (Å²) >= 11 is 0. The van der Waals surface area contributed by atoms with Crippen LogP contribution in [-0.2, 0) is 11.2 Å².